The van der Waals surface area contributed by atoms with E-state index in [0.717, 1.165) is 6.42 Å². The number of hydrogen-bond donors (Lipinski definition) is 1. The summed E-state index contributed by atoms with van der Waals surface area (Å²) >= 11 is 0. The summed E-state index contributed by atoms with van der Waals surface area (Å²) in [4.78, 5) is 0. The molecule has 2 aliphatic carbocycles. The molecule has 1 heteroatoms. The Morgan fingerprint density at radius 2 is 1.76 bits per heavy atom. The van der Waals surface area contributed by atoms with Gasteiger partial charge in [0, 0.05) is 5.92 Å². The Bertz CT molecular complexity index is 621. The van der Waals surface area contributed by atoms with E-state index in [4.69, 9.17) is 0 Å². The number of allylic oxidation sites excluding steroid dienone is 1. The number of aliphatic hydroxyl groups is 1. The summed E-state index contributed by atoms with van der Waals surface area (Å²) in [6, 6.07) is 13.0. The molecule has 0 spiro atoms. The lowest BCUT2D eigenvalue weighted by molar-refractivity contribution is 0.172. The molecule has 0 fully saturated rings. The smallest absolute Gasteiger partial charge is 0.0795 e. The standard InChI is InChI=1S/C16H14O/c17-14-9-3-7-12-11-6-1-4-10-5-2-8-13(15(10)11)16(12)14/h1-6,8-9,12,14,16-17H,7H2. The second-order valence-electron chi connectivity index (χ2n) is 5.08. The highest BCUT2D eigenvalue weighted by molar-refractivity contribution is 5.92. The predicted octanol–water partition coefficient (Wildman–Crippen LogP) is 3.34. The molecule has 1 N–H and O–H groups in total. The van der Waals surface area contributed by atoms with E-state index in [0.29, 0.717) is 5.92 Å². The quantitative estimate of drug-likeness (QED) is 0.678. The maximum Gasteiger partial charge on any atom is 0.0795 e. The molecule has 84 valence electrons. The molecule has 0 aromatic heterocycles. The highest BCUT2D eigenvalue weighted by Crippen LogP contribution is 2.51. The zero-order valence-corrected chi connectivity index (χ0v) is 9.51. The minimum absolute atomic E-state index is 0.265. The van der Waals surface area contributed by atoms with Crippen LogP contribution in [0.3, 0.4) is 0 Å². The van der Waals surface area contributed by atoms with Crippen molar-refractivity contribution >= 4 is 10.8 Å². The number of hydrogen-bond acceptors (Lipinski definition) is 1. The van der Waals surface area contributed by atoms with E-state index >= 15 is 0 Å². The lowest BCUT2D eigenvalue weighted by Crippen LogP contribution is -2.22. The van der Waals surface area contributed by atoms with Gasteiger partial charge in [-0.1, -0.05) is 48.6 Å². The van der Waals surface area contributed by atoms with E-state index in [2.05, 4.69) is 42.5 Å². The fourth-order valence-corrected chi connectivity index (χ4v) is 3.58. The summed E-state index contributed by atoms with van der Waals surface area (Å²) < 4.78 is 0. The highest BCUT2D eigenvalue weighted by Gasteiger charge is 2.38. The molecule has 1 nitrogen and oxygen atoms in total. The normalized spacial score (nSPS) is 29.6. The molecule has 3 unspecified atom stereocenters. The third-order valence-electron chi connectivity index (χ3n) is 4.25. The second-order valence-corrected chi connectivity index (χ2v) is 5.08. The van der Waals surface area contributed by atoms with Crippen molar-refractivity contribution in [3.8, 4) is 0 Å². The Labute approximate surface area is 100 Å². The molecule has 4 rings (SSSR count). The van der Waals surface area contributed by atoms with Crippen molar-refractivity contribution in [2.75, 3.05) is 0 Å². The van der Waals surface area contributed by atoms with Gasteiger partial charge in [-0.3, -0.25) is 0 Å². The van der Waals surface area contributed by atoms with Crippen LogP contribution in [0.15, 0.2) is 48.6 Å². The largest absolute Gasteiger partial charge is 0.388 e. The first-order valence-corrected chi connectivity index (χ1v) is 6.22. The first kappa shape index (κ1) is 9.43. The molecule has 0 radical (unpaired) electrons. The number of rotatable bonds is 0. The Kier molecular flexibility index (Phi) is 1.78. The summed E-state index contributed by atoms with van der Waals surface area (Å²) in [7, 11) is 0. The van der Waals surface area contributed by atoms with Crippen LogP contribution >= 0.6 is 0 Å². The van der Waals surface area contributed by atoms with Gasteiger partial charge in [0.25, 0.3) is 0 Å². The van der Waals surface area contributed by atoms with Crippen molar-refractivity contribution in [2.24, 2.45) is 0 Å². The van der Waals surface area contributed by atoms with E-state index in [-0.39, 0.29) is 12.0 Å². The summed E-state index contributed by atoms with van der Waals surface area (Å²) in [6.07, 6.45) is 4.80. The van der Waals surface area contributed by atoms with E-state index in [1.165, 1.54) is 21.9 Å². The van der Waals surface area contributed by atoms with Gasteiger partial charge in [0.15, 0.2) is 0 Å². The summed E-state index contributed by atoms with van der Waals surface area (Å²) in [6.45, 7) is 0. The lowest BCUT2D eigenvalue weighted by atomic mass is 9.79. The van der Waals surface area contributed by atoms with Crippen molar-refractivity contribution in [1.29, 1.82) is 0 Å². The molecular formula is C16H14O. The van der Waals surface area contributed by atoms with Gasteiger partial charge in [0.2, 0.25) is 0 Å². The van der Waals surface area contributed by atoms with Crippen LogP contribution < -0.4 is 0 Å². The van der Waals surface area contributed by atoms with Crippen molar-refractivity contribution in [3.05, 3.63) is 59.7 Å². The zero-order chi connectivity index (χ0) is 11.4. The first-order chi connectivity index (χ1) is 8.36. The van der Waals surface area contributed by atoms with Gasteiger partial charge in [-0.15, -0.1) is 0 Å². The van der Waals surface area contributed by atoms with Gasteiger partial charge in [0.1, 0.15) is 0 Å². The average Bonchev–Trinajstić information content (AvgIpc) is 2.69. The molecule has 0 saturated carbocycles. The molecule has 17 heavy (non-hydrogen) atoms. The molecule has 0 heterocycles. The van der Waals surface area contributed by atoms with E-state index in [9.17, 15) is 5.11 Å². The average molecular weight is 222 g/mol. The summed E-state index contributed by atoms with van der Waals surface area (Å²) in [5.74, 6) is 0.734. The van der Waals surface area contributed by atoms with Crippen LogP contribution in [0.5, 0.6) is 0 Å². The third kappa shape index (κ3) is 1.12. The van der Waals surface area contributed by atoms with Crippen molar-refractivity contribution in [1.82, 2.24) is 0 Å². The third-order valence-corrected chi connectivity index (χ3v) is 4.25. The fourth-order valence-electron chi connectivity index (χ4n) is 3.58. The van der Waals surface area contributed by atoms with Crippen LogP contribution in [-0.4, -0.2) is 11.2 Å². The predicted molar refractivity (Wildman–Crippen MR) is 69.2 cm³/mol. The SMILES string of the molecule is OC1C=CCC2c3cccc4cccc(c34)C12. The van der Waals surface area contributed by atoms with Crippen LogP contribution in [0.2, 0.25) is 0 Å². The van der Waals surface area contributed by atoms with Gasteiger partial charge in [-0.25, -0.2) is 0 Å². The minimum atomic E-state index is -0.327. The number of aliphatic hydroxyl groups excluding tert-OH is 1. The second kappa shape index (κ2) is 3.21. The fraction of sp³-hybridized carbons (Fsp3) is 0.250. The van der Waals surface area contributed by atoms with Gasteiger partial charge in [0.05, 0.1) is 6.10 Å². The Balaban J connectivity index is 2.08. The summed E-state index contributed by atoms with van der Waals surface area (Å²) in [5, 5.41) is 12.9. The molecule has 2 aromatic rings. The van der Waals surface area contributed by atoms with E-state index in [1.54, 1.807) is 0 Å². The van der Waals surface area contributed by atoms with Crippen molar-refractivity contribution < 1.29 is 5.11 Å². The first-order valence-electron chi connectivity index (χ1n) is 6.22. The maximum absolute atomic E-state index is 10.2. The van der Waals surface area contributed by atoms with Crippen molar-refractivity contribution in [2.45, 2.75) is 24.4 Å². The van der Waals surface area contributed by atoms with Crippen LogP contribution in [0.1, 0.15) is 29.4 Å². The van der Waals surface area contributed by atoms with Crippen LogP contribution in [0.4, 0.5) is 0 Å². The molecule has 2 aliphatic rings. The Morgan fingerprint density at radius 1 is 1.00 bits per heavy atom. The van der Waals surface area contributed by atoms with Gasteiger partial charge >= 0.3 is 0 Å². The van der Waals surface area contributed by atoms with Gasteiger partial charge in [-0.2, -0.15) is 0 Å². The molecule has 2 aromatic carbocycles. The van der Waals surface area contributed by atoms with Crippen molar-refractivity contribution in [3.63, 3.8) is 0 Å². The van der Waals surface area contributed by atoms with Crippen LogP contribution in [0, 0.1) is 0 Å². The summed E-state index contributed by atoms with van der Waals surface area (Å²) in [5.41, 5.74) is 2.76. The maximum atomic E-state index is 10.2. The molecule has 0 aliphatic heterocycles. The molecule has 0 bridgehead atoms. The molecule has 0 saturated heterocycles. The molecule has 0 amide bonds. The topological polar surface area (TPSA) is 20.2 Å². The van der Waals surface area contributed by atoms with E-state index < -0.39 is 0 Å². The van der Waals surface area contributed by atoms with Crippen LogP contribution in [-0.2, 0) is 0 Å². The van der Waals surface area contributed by atoms with Gasteiger partial charge in [-0.05, 0) is 34.2 Å². The van der Waals surface area contributed by atoms with Gasteiger partial charge < -0.3 is 5.11 Å². The highest BCUT2D eigenvalue weighted by atomic mass is 16.3. The minimum Gasteiger partial charge on any atom is -0.388 e. The number of benzene rings is 2. The zero-order valence-electron chi connectivity index (χ0n) is 9.51. The number of fused-ring (bicyclic) bond motifs is 3. The Hall–Kier alpha value is -1.60. The van der Waals surface area contributed by atoms with Crippen LogP contribution in [0.25, 0.3) is 10.8 Å². The monoisotopic (exact) mass is 222 g/mol. The molecular weight excluding hydrogens is 208 g/mol. The molecule has 3 atom stereocenters. The Morgan fingerprint density at radius 3 is 2.59 bits per heavy atom. The van der Waals surface area contributed by atoms with E-state index in [1.807, 2.05) is 6.08 Å². The lowest BCUT2D eigenvalue weighted by Gasteiger charge is -2.27.